The van der Waals surface area contributed by atoms with Crippen LogP contribution in [0.3, 0.4) is 0 Å². The Hall–Kier alpha value is -2.83. The predicted octanol–water partition coefficient (Wildman–Crippen LogP) is 3.21. The third kappa shape index (κ3) is 2.83. The molecular weight excluding hydrogens is 328 g/mol. The molecular formula is C19H22N6O. The van der Waals surface area contributed by atoms with Gasteiger partial charge in [0.05, 0.1) is 35.0 Å². The summed E-state index contributed by atoms with van der Waals surface area (Å²) >= 11 is 0. The Balaban J connectivity index is 1.27. The zero-order chi connectivity index (χ0) is 17.5. The van der Waals surface area contributed by atoms with E-state index in [1.165, 1.54) is 12.8 Å². The lowest BCUT2D eigenvalue weighted by Crippen LogP contribution is -2.39. The van der Waals surface area contributed by atoms with Gasteiger partial charge in [-0.3, -0.25) is 5.10 Å². The molecule has 1 saturated carbocycles. The second-order valence-corrected chi connectivity index (χ2v) is 7.24. The minimum Gasteiger partial charge on any atom is -0.340 e. The van der Waals surface area contributed by atoms with E-state index < -0.39 is 0 Å². The third-order valence-corrected chi connectivity index (χ3v) is 5.31. The summed E-state index contributed by atoms with van der Waals surface area (Å²) in [6.07, 6.45) is 4.38. The number of para-hydroxylation sites is 2. The van der Waals surface area contributed by atoms with Crippen molar-refractivity contribution < 1.29 is 4.79 Å². The summed E-state index contributed by atoms with van der Waals surface area (Å²) in [6, 6.07) is 10.0. The molecule has 2 aromatic heterocycles. The smallest absolute Gasteiger partial charge is 0.318 e. The molecule has 3 aromatic rings. The monoisotopic (exact) mass is 350 g/mol. The van der Waals surface area contributed by atoms with Crippen LogP contribution in [-0.4, -0.2) is 37.6 Å². The second-order valence-electron chi connectivity index (χ2n) is 7.24. The van der Waals surface area contributed by atoms with Gasteiger partial charge >= 0.3 is 6.03 Å². The molecule has 2 amide bonds. The fraction of sp³-hybridized carbons (Fsp3) is 0.421. The Kier molecular flexibility index (Phi) is 3.65. The van der Waals surface area contributed by atoms with E-state index >= 15 is 0 Å². The third-order valence-electron chi connectivity index (χ3n) is 5.31. The number of carbonyl (C=O) groups is 1. The predicted molar refractivity (Wildman–Crippen MR) is 97.6 cm³/mol. The van der Waals surface area contributed by atoms with Gasteiger partial charge in [0.15, 0.2) is 0 Å². The molecule has 1 aliphatic carbocycles. The van der Waals surface area contributed by atoms with Crippen molar-refractivity contribution in [2.75, 3.05) is 6.54 Å². The van der Waals surface area contributed by atoms with Crippen molar-refractivity contribution in [1.29, 1.82) is 0 Å². The van der Waals surface area contributed by atoms with Crippen molar-refractivity contribution in [3.05, 3.63) is 47.5 Å². The SMILES string of the molecule is O=C(NCc1cc(C2CC2)n[nH]1)N1CCCC1c1nc2ccccc2[nH]1. The lowest BCUT2D eigenvalue weighted by Gasteiger charge is -2.23. The number of fused-ring (bicyclic) bond motifs is 1. The van der Waals surface area contributed by atoms with Crippen LogP contribution in [0.15, 0.2) is 30.3 Å². The van der Waals surface area contributed by atoms with Crippen LogP contribution in [0.25, 0.3) is 11.0 Å². The fourth-order valence-electron chi connectivity index (χ4n) is 3.76. The highest BCUT2D eigenvalue weighted by Gasteiger charge is 2.32. The van der Waals surface area contributed by atoms with Crippen LogP contribution < -0.4 is 5.32 Å². The molecule has 1 aromatic carbocycles. The molecule has 134 valence electrons. The summed E-state index contributed by atoms with van der Waals surface area (Å²) in [4.78, 5) is 22.6. The summed E-state index contributed by atoms with van der Waals surface area (Å²) in [5.41, 5.74) is 4.04. The number of hydrogen-bond acceptors (Lipinski definition) is 3. The average molecular weight is 350 g/mol. The van der Waals surface area contributed by atoms with Crippen molar-refractivity contribution >= 4 is 17.1 Å². The van der Waals surface area contributed by atoms with Gasteiger partial charge in [0.25, 0.3) is 0 Å². The Morgan fingerprint density at radius 2 is 2.15 bits per heavy atom. The van der Waals surface area contributed by atoms with Gasteiger partial charge < -0.3 is 15.2 Å². The van der Waals surface area contributed by atoms with Gasteiger partial charge in [-0.15, -0.1) is 0 Å². The summed E-state index contributed by atoms with van der Waals surface area (Å²) in [6.45, 7) is 1.23. The Labute approximate surface area is 151 Å². The molecule has 7 heteroatoms. The maximum Gasteiger partial charge on any atom is 0.318 e. The number of benzene rings is 1. The highest BCUT2D eigenvalue weighted by atomic mass is 16.2. The highest BCUT2D eigenvalue weighted by Crippen LogP contribution is 2.39. The van der Waals surface area contributed by atoms with Crippen molar-refractivity contribution in [3.8, 4) is 0 Å². The van der Waals surface area contributed by atoms with Gasteiger partial charge in [-0.25, -0.2) is 9.78 Å². The van der Waals surface area contributed by atoms with E-state index in [9.17, 15) is 4.79 Å². The summed E-state index contributed by atoms with van der Waals surface area (Å²) in [7, 11) is 0. The molecule has 0 bridgehead atoms. The number of nitrogens with one attached hydrogen (secondary N) is 3. The largest absolute Gasteiger partial charge is 0.340 e. The van der Waals surface area contributed by atoms with E-state index in [1.807, 2.05) is 29.2 Å². The van der Waals surface area contributed by atoms with E-state index in [-0.39, 0.29) is 12.1 Å². The minimum absolute atomic E-state index is 0.00573. The number of likely N-dealkylation sites (tertiary alicyclic amines) is 1. The van der Waals surface area contributed by atoms with Crippen molar-refractivity contribution in [3.63, 3.8) is 0 Å². The van der Waals surface area contributed by atoms with E-state index in [2.05, 4.69) is 31.5 Å². The Morgan fingerprint density at radius 3 is 3.00 bits per heavy atom. The zero-order valence-corrected chi connectivity index (χ0v) is 14.5. The maximum atomic E-state index is 12.7. The Bertz CT molecular complexity index is 907. The quantitative estimate of drug-likeness (QED) is 0.675. The first-order valence-electron chi connectivity index (χ1n) is 9.31. The number of aromatic nitrogens is 4. The maximum absolute atomic E-state index is 12.7. The number of hydrogen-bond donors (Lipinski definition) is 3. The molecule has 26 heavy (non-hydrogen) atoms. The van der Waals surface area contributed by atoms with Crippen LogP contribution in [0.2, 0.25) is 0 Å². The van der Waals surface area contributed by atoms with Gasteiger partial charge in [0, 0.05) is 12.5 Å². The second kappa shape index (κ2) is 6.16. The van der Waals surface area contributed by atoms with Gasteiger partial charge in [-0.1, -0.05) is 12.1 Å². The number of carbonyl (C=O) groups excluding carboxylic acids is 1. The lowest BCUT2D eigenvalue weighted by molar-refractivity contribution is 0.190. The molecule has 0 radical (unpaired) electrons. The first-order chi connectivity index (χ1) is 12.8. The molecule has 1 atom stereocenters. The van der Waals surface area contributed by atoms with Crippen molar-refractivity contribution in [2.24, 2.45) is 0 Å². The van der Waals surface area contributed by atoms with Crippen LogP contribution >= 0.6 is 0 Å². The van der Waals surface area contributed by atoms with E-state index in [1.54, 1.807) is 0 Å². The molecule has 1 aliphatic heterocycles. The summed E-state index contributed by atoms with van der Waals surface area (Å²) < 4.78 is 0. The van der Waals surface area contributed by atoms with Crippen LogP contribution in [0.1, 0.15) is 54.9 Å². The molecule has 3 heterocycles. The van der Waals surface area contributed by atoms with Crippen LogP contribution in [0.4, 0.5) is 4.79 Å². The standard InChI is InChI=1S/C19H22N6O/c26-19(20-11-13-10-16(24-23-13)12-7-8-12)25-9-3-6-17(25)18-21-14-4-1-2-5-15(14)22-18/h1-2,4-5,10,12,17H,3,6-9,11H2,(H,20,26)(H,21,22)(H,23,24). The molecule has 1 unspecified atom stereocenters. The average Bonchev–Trinajstić information content (AvgIpc) is 3.09. The van der Waals surface area contributed by atoms with Crippen LogP contribution in [-0.2, 0) is 6.54 Å². The van der Waals surface area contributed by atoms with Crippen molar-refractivity contribution in [2.45, 2.75) is 44.2 Å². The van der Waals surface area contributed by atoms with Gasteiger partial charge in [0.2, 0.25) is 0 Å². The topological polar surface area (TPSA) is 89.7 Å². The van der Waals surface area contributed by atoms with Crippen molar-refractivity contribution in [1.82, 2.24) is 30.4 Å². The molecule has 3 N–H and O–H groups in total. The first kappa shape index (κ1) is 15.4. The highest BCUT2D eigenvalue weighted by molar-refractivity contribution is 5.76. The Morgan fingerprint density at radius 1 is 1.27 bits per heavy atom. The summed E-state index contributed by atoms with van der Waals surface area (Å²) in [5, 5.41) is 10.4. The number of aromatic amines is 2. The normalized spacial score (nSPS) is 20.0. The molecule has 0 spiro atoms. The summed E-state index contributed by atoms with van der Waals surface area (Å²) in [5.74, 6) is 1.49. The molecule has 1 saturated heterocycles. The zero-order valence-electron chi connectivity index (χ0n) is 14.5. The van der Waals surface area contributed by atoms with E-state index in [0.717, 1.165) is 47.6 Å². The van der Waals surface area contributed by atoms with Crippen LogP contribution in [0.5, 0.6) is 0 Å². The number of H-pyrrole nitrogens is 2. The minimum atomic E-state index is -0.0458. The molecule has 2 fully saturated rings. The van der Waals surface area contributed by atoms with Crippen LogP contribution in [0, 0.1) is 0 Å². The number of amides is 2. The number of rotatable bonds is 4. The van der Waals surface area contributed by atoms with E-state index in [0.29, 0.717) is 12.5 Å². The molecule has 7 nitrogen and oxygen atoms in total. The fourth-order valence-corrected chi connectivity index (χ4v) is 3.76. The first-order valence-corrected chi connectivity index (χ1v) is 9.31. The number of nitrogens with zero attached hydrogens (tertiary/aromatic N) is 3. The van der Waals surface area contributed by atoms with E-state index in [4.69, 9.17) is 0 Å². The van der Waals surface area contributed by atoms with Gasteiger partial charge in [-0.05, 0) is 43.9 Å². The number of imidazole rings is 1. The van der Waals surface area contributed by atoms with Gasteiger partial charge in [0.1, 0.15) is 5.82 Å². The van der Waals surface area contributed by atoms with Gasteiger partial charge in [-0.2, -0.15) is 5.10 Å². The molecule has 5 rings (SSSR count). The number of urea groups is 1. The molecule has 2 aliphatic rings. The lowest BCUT2D eigenvalue weighted by atomic mass is 10.2.